The number of hydrogen-bond acceptors (Lipinski definition) is 3. The van der Waals surface area contributed by atoms with E-state index >= 15 is 0 Å². The summed E-state index contributed by atoms with van der Waals surface area (Å²) in [5.74, 6) is 0.548. The van der Waals surface area contributed by atoms with E-state index in [-0.39, 0.29) is 24.1 Å². The molecule has 162 valence electrons. The third-order valence-corrected chi connectivity index (χ3v) is 4.31. The van der Waals surface area contributed by atoms with Gasteiger partial charge in [0.1, 0.15) is 5.75 Å². The van der Waals surface area contributed by atoms with Gasteiger partial charge in [-0.2, -0.15) is 8.78 Å². The summed E-state index contributed by atoms with van der Waals surface area (Å²) in [6, 6.07) is 12.6. The second-order valence-corrected chi connectivity index (χ2v) is 7.11. The van der Waals surface area contributed by atoms with Crippen molar-refractivity contribution >= 4 is 17.6 Å². The molecule has 0 fully saturated rings. The minimum Gasteiger partial charge on any atom is -0.434 e. The molecule has 0 radical (unpaired) electrons. The molecule has 3 N–H and O–H groups in total. The lowest BCUT2D eigenvalue weighted by atomic mass is 10.1. The number of benzene rings is 2. The Kier molecular flexibility index (Phi) is 8.58. The fourth-order valence-corrected chi connectivity index (χ4v) is 2.64. The highest BCUT2D eigenvalue weighted by Crippen LogP contribution is 2.22. The molecule has 0 unspecified atom stereocenters. The zero-order chi connectivity index (χ0) is 22.1. The Morgan fingerprint density at radius 3 is 2.33 bits per heavy atom. The first-order valence-electron chi connectivity index (χ1n) is 9.67. The van der Waals surface area contributed by atoms with Gasteiger partial charge in [0.15, 0.2) is 5.96 Å². The van der Waals surface area contributed by atoms with Crippen molar-refractivity contribution < 1.29 is 18.3 Å². The molecule has 0 spiro atoms. The van der Waals surface area contributed by atoms with Gasteiger partial charge in [-0.05, 0) is 30.7 Å². The van der Waals surface area contributed by atoms with Crippen LogP contribution in [0.15, 0.2) is 47.5 Å². The summed E-state index contributed by atoms with van der Waals surface area (Å²) in [5.41, 5.74) is 3.30. The van der Waals surface area contributed by atoms with E-state index in [0.717, 1.165) is 16.8 Å². The molecule has 0 aliphatic rings. The second kappa shape index (κ2) is 11.1. The molecular formula is C22H28F2N4O2. The predicted molar refractivity (Wildman–Crippen MR) is 115 cm³/mol. The third-order valence-electron chi connectivity index (χ3n) is 4.31. The highest BCUT2D eigenvalue weighted by atomic mass is 19.3. The molecule has 8 heteroatoms. The Morgan fingerprint density at radius 1 is 1.07 bits per heavy atom. The summed E-state index contributed by atoms with van der Waals surface area (Å²) >= 11 is 0. The fourth-order valence-electron chi connectivity index (χ4n) is 2.64. The van der Waals surface area contributed by atoms with Crippen molar-refractivity contribution in [1.29, 1.82) is 0 Å². The zero-order valence-corrected chi connectivity index (χ0v) is 17.6. The molecule has 30 heavy (non-hydrogen) atoms. The van der Waals surface area contributed by atoms with Crippen molar-refractivity contribution in [1.82, 2.24) is 10.6 Å². The van der Waals surface area contributed by atoms with Crippen molar-refractivity contribution in [2.75, 3.05) is 12.4 Å². The number of ether oxygens (including phenoxy) is 1. The number of amides is 1. The number of aryl methyl sites for hydroxylation is 1. The van der Waals surface area contributed by atoms with Gasteiger partial charge in [-0.3, -0.25) is 9.79 Å². The van der Waals surface area contributed by atoms with Crippen LogP contribution in [0.1, 0.15) is 30.5 Å². The number of nitrogens with zero attached hydrogens (tertiary/aromatic N) is 1. The average Bonchev–Trinajstić information content (AvgIpc) is 2.70. The van der Waals surface area contributed by atoms with E-state index in [1.165, 1.54) is 6.07 Å². The predicted octanol–water partition coefficient (Wildman–Crippen LogP) is 4.06. The van der Waals surface area contributed by atoms with E-state index in [1.54, 1.807) is 19.2 Å². The van der Waals surface area contributed by atoms with Crippen molar-refractivity contribution in [2.24, 2.45) is 10.9 Å². The van der Waals surface area contributed by atoms with Crippen molar-refractivity contribution in [3.05, 3.63) is 59.2 Å². The van der Waals surface area contributed by atoms with E-state index in [4.69, 9.17) is 0 Å². The van der Waals surface area contributed by atoms with Gasteiger partial charge >= 0.3 is 6.61 Å². The molecule has 2 rings (SSSR count). The fraction of sp³-hybridized carbons (Fsp3) is 0.364. The summed E-state index contributed by atoms with van der Waals surface area (Å²) in [4.78, 5) is 15.9. The molecule has 0 aliphatic heterocycles. The maximum atomic E-state index is 12.6. The van der Waals surface area contributed by atoms with E-state index in [1.807, 2.05) is 45.0 Å². The SMILES string of the molecule is CN=C(NCc1ccc(NC(=O)C(C)C)cc1)NCc1cc(C)ccc1OC(F)F. The summed E-state index contributed by atoms with van der Waals surface area (Å²) in [7, 11) is 1.63. The first-order valence-corrected chi connectivity index (χ1v) is 9.67. The number of hydrogen-bond donors (Lipinski definition) is 3. The summed E-state index contributed by atoms with van der Waals surface area (Å²) in [5, 5.41) is 9.12. The number of carbonyl (C=O) groups is 1. The van der Waals surface area contributed by atoms with Gasteiger partial charge in [-0.25, -0.2) is 0 Å². The average molecular weight is 418 g/mol. The molecule has 0 saturated carbocycles. The van der Waals surface area contributed by atoms with Gasteiger partial charge in [0.2, 0.25) is 5.91 Å². The van der Waals surface area contributed by atoms with Crippen LogP contribution in [0.3, 0.4) is 0 Å². The number of guanidine groups is 1. The van der Waals surface area contributed by atoms with Gasteiger partial charge in [-0.15, -0.1) is 0 Å². The Bertz CT molecular complexity index is 868. The summed E-state index contributed by atoms with van der Waals surface area (Å²) in [6.45, 7) is 3.47. The van der Waals surface area contributed by atoms with Crippen molar-refractivity contribution in [3.63, 3.8) is 0 Å². The minimum absolute atomic E-state index is 0.0307. The van der Waals surface area contributed by atoms with Gasteiger partial charge in [0, 0.05) is 37.3 Å². The standard InChI is InChI=1S/C22H28F2N4O2/c1-14(2)20(29)28-18-8-6-16(7-9-18)12-26-22(25-4)27-13-17-11-15(3)5-10-19(17)30-21(23)24/h5-11,14,21H,12-13H2,1-4H3,(H,28,29)(H2,25,26,27). The van der Waals surface area contributed by atoms with Gasteiger partial charge in [-0.1, -0.05) is 43.7 Å². The number of aliphatic imine (C=N–C) groups is 1. The van der Waals surface area contributed by atoms with Crippen LogP contribution in [-0.2, 0) is 17.9 Å². The number of nitrogens with one attached hydrogen (secondary N) is 3. The molecule has 0 atom stereocenters. The first kappa shape index (κ1) is 23.1. The van der Waals surface area contributed by atoms with Crippen LogP contribution in [0.5, 0.6) is 5.75 Å². The molecule has 2 aromatic carbocycles. The maximum absolute atomic E-state index is 12.6. The monoisotopic (exact) mass is 418 g/mol. The summed E-state index contributed by atoms with van der Waals surface area (Å²) < 4.78 is 29.8. The lowest BCUT2D eigenvalue weighted by Crippen LogP contribution is -2.36. The third kappa shape index (κ3) is 7.35. The minimum atomic E-state index is -2.88. The Labute approximate surface area is 175 Å². The molecule has 0 saturated heterocycles. The topological polar surface area (TPSA) is 74.8 Å². The highest BCUT2D eigenvalue weighted by Gasteiger charge is 2.11. The van der Waals surface area contributed by atoms with Gasteiger partial charge < -0.3 is 20.7 Å². The zero-order valence-electron chi connectivity index (χ0n) is 17.6. The van der Waals surface area contributed by atoms with E-state index in [0.29, 0.717) is 18.1 Å². The van der Waals surface area contributed by atoms with Crippen LogP contribution >= 0.6 is 0 Å². The van der Waals surface area contributed by atoms with Crippen LogP contribution in [-0.4, -0.2) is 25.5 Å². The largest absolute Gasteiger partial charge is 0.434 e. The van der Waals surface area contributed by atoms with Gasteiger partial charge in [0.05, 0.1) is 0 Å². The number of alkyl halides is 2. The van der Waals surface area contributed by atoms with Crippen LogP contribution in [0, 0.1) is 12.8 Å². The molecule has 0 aromatic heterocycles. The molecule has 0 bridgehead atoms. The second-order valence-electron chi connectivity index (χ2n) is 7.11. The van der Waals surface area contributed by atoms with E-state index in [2.05, 4.69) is 25.7 Å². The number of rotatable bonds is 8. The highest BCUT2D eigenvalue weighted by molar-refractivity contribution is 5.92. The van der Waals surface area contributed by atoms with Crippen molar-refractivity contribution in [3.8, 4) is 5.75 Å². The number of halogens is 2. The molecule has 0 aliphatic carbocycles. The Morgan fingerprint density at radius 2 is 1.73 bits per heavy atom. The van der Waals surface area contributed by atoms with Crippen LogP contribution in [0.25, 0.3) is 0 Å². The Hall–Kier alpha value is -3.16. The normalized spacial score (nSPS) is 11.5. The molecule has 2 aromatic rings. The molecule has 0 heterocycles. The first-order chi connectivity index (χ1) is 14.3. The Balaban J connectivity index is 1.91. The lowest BCUT2D eigenvalue weighted by molar-refractivity contribution is -0.118. The van der Waals surface area contributed by atoms with E-state index < -0.39 is 6.61 Å². The van der Waals surface area contributed by atoms with Crippen molar-refractivity contribution in [2.45, 2.75) is 40.5 Å². The molecule has 1 amide bonds. The quantitative estimate of drug-likeness (QED) is 0.447. The van der Waals surface area contributed by atoms with E-state index in [9.17, 15) is 13.6 Å². The smallest absolute Gasteiger partial charge is 0.387 e. The van der Waals surface area contributed by atoms with Gasteiger partial charge in [0.25, 0.3) is 0 Å². The number of carbonyl (C=O) groups excluding carboxylic acids is 1. The molecule has 6 nitrogen and oxygen atoms in total. The van der Waals surface area contributed by atoms with Crippen LogP contribution in [0.4, 0.5) is 14.5 Å². The number of anilines is 1. The van der Waals surface area contributed by atoms with Crippen LogP contribution < -0.4 is 20.7 Å². The molecular weight excluding hydrogens is 390 g/mol. The maximum Gasteiger partial charge on any atom is 0.387 e. The summed E-state index contributed by atoms with van der Waals surface area (Å²) in [6.07, 6.45) is 0. The van der Waals surface area contributed by atoms with Crippen LogP contribution in [0.2, 0.25) is 0 Å². The lowest BCUT2D eigenvalue weighted by Gasteiger charge is -2.15.